The molecule has 0 radical (unpaired) electrons. The molecule has 1 rings (SSSR count). The number of carbonyl (C=O) groups is 1. The largest absolute Gasteiger partial charge is 0.347 e. The highest BCUT2D eigenvalue weighted by molar-refractivity contribution is 9.11. The third-order valence-electron chi connectivity index (χ3n) is 1.51. The first-order chi connectivity index (χ1) is 7.00. The number of nitrogens with zero attached hydrogens (tertiary/aromatic N) is 1. The molecule has 1 heterocycles. The van der Waals surface area contributed by atoms with Gasteiger partial charge in [0, 0.05) is 17.2 Å². The molecular weight excluding hydrogens is 303 g/mol. The number of pyridine rings is 1. The second-order valence-corrected chi connectivity index (χ2v) is 4.60. The molecule has 0 atom stereocenters. The molecule has 1 aromatic rings. The molecule has 1 amide bonds. The van der Waals surface area contributed by atoms with Crippen LogP contribution in [0.3, 0.4) is 0 Å². The number of hydrogen-bond donors (Lipinski definition) is 1. The molecule has 0 aliphatic carbocycles. The number of rotatable bonds is 3. The third-order valence-corrected chi connectivity index (χ3v) is 2.30. The molecule has 15 heavy (non-hydrogen) atoms. The first kappa shape index (κ1) is 12.5. The average molecular weight is 310 g/mol. The molecule has 0 unspecified atom stereocenters. The van der Waals surface area contributed by atoms with Gasteiger partial charge in [0.25, 0.3) is 5.91 Å². The minimum Gasteiger partial charge on any atom is -0.347 e. The number of nitrogens with one attached hydrogen (secondary N) is 1. The Labute approximate surface area is 106 Å². The quantitative estimate of drug-likeness (QED) is 0.872. The summed E-state index contributed by atoms with van der Waals surface area (Å²) in [5.74, 6) is -0.315. The smallest absolute Gasteiger partial charge is 0.253 e. The molecule has 1 N–H and O–H groups in total. The summed E-state index contributed by atoms with van der Waals surface area (Å²) in [7, 11) is 0. The van der Waals surface area contributed by atoms with Gasteiger partial charge in [-0.05, 0) is 6.07 Å². The summed E-state index contributed by atoms with van der Waals surface area (Å²) in [6, 6.07) is 1.41. The van der Waals surface area contributed by atoms with Gasteiger partial charge in [0.2, 0.25) is 0 Å². The first-order valence-corrected chi connectivity index (χ1v) is 5.48. The van der Waals surface area contributed by atoms with E-state index >= 15 is 0 Å². The second-order valence-electron chi connectivity index (χ2n) is 2.69. The Morgan fingerprint density at radius 2 is 2.27 bits per heavy atom. The van der Waals surface area contributed by atoms with Gasteiger partial charge < -0.3 is 5.32 Å². The Bertz CT molecular complexity index is 409. The van der Waals surface area contributed by atoms with Gasteiger partial charge in [0.15, 0.2) is 0 Å². The topological polar surface area (TPSA) is 42.0 Å². The molecule has 1 aromatic heterocycles. The lowest BCUT2D eigenvalue weighted by atomic mass is 10.2. The number of hydrogen-bond acceptors (Lipinski definition) is 2. The minimum absolute atomic E-state index is 0.224. The van der Waals surface area contributed by atoms with Crippen LogP contribution >= 0.6 is 39.1 Å². The van der Waals surface area contributed by atoms with Crippen LogP contribution in [0.1, 0.15) is 10.4 Å². The highest BCUT2D eigenvalue weighted by Crippen LogP contribution is 2.17. The van der Waals surface area contributed by atoms with Gasteiger partial charge in [0.1, 0.15) is 5.15 Å². The molecule has 0 fully saturated rings. The van der Waals surface area contributed by atoms with Gasteiger partial charge in [-0.1, -0.05) is 45.7 Å². The van der Waals surface area contributed by atoms with Crippen LogP contribution in [0.25, 0.3) is 0 Å². The van der Waals surface area contributed by atoms with Crippen LogP contribution in [0.4, 0.5) is 0 Å². The predicted molar refractivity (Wildman–Crippen MR) is 64.7 cm³/mol. The van der Waals surface area contributed by atoms with E-state index in [-0.39, 0.29) is 16.1 Å². The fourth-order valence-corrected chi connectivity index (χ4v) is 1.35. The Hall–Kier alpha value is -0.580. The van der Waals surface area contributed by atoms with Gasteiger partial charge in [-0.25, -0.2) is 4.98 Å². The van der Waals surface area contributed by atoms with Crippen molar-refractivity contribution in [2.75, 3.05) is 6.54 Å². The predicted octanol–water partition coefficient (Wildman–Crippen LogP) is 3.03. The lowest BCUT2D eigenvalue weighted by molar-refractivity contribution is 0.0958. The van der Waals surface area contributed by atoms with E-state index in [1.54, 1.807) is 0 Å². The van der Waals surface area contributed by atoms with E-state index < -0.39 is 0 Å². The molecule has 3 nitrogen and oxygen atoms in total. The van der Waals surface area contributed by atoms with Gasteiger partial charge >= 0.3 is 0 Å². The number of halogens is 3. The fourth-order valence-electron chi connectivity index (χ4n) is 0.859. The monoisotopic (exact) mass is 308 g/mol. The van der Waals surface area contributed by atoms with Crippen molar-refractivity contribution in [2.45, 2.75) is 0 Å². The minimum atomic E-state index is -0.315. The maximum absolute atomic E-state index is 11.6. The third kappa shape index (κ3) is 3.81. The van der Waals surface area contributed by atoms with Crippen molar-refractivity contribution >= 4 is 45.0 Å². The van der Waals surface area contributed by atoms with E-state index in [0.29, 0.717) is 16.6 Å². The molecule has 0 saturated carbocycles. The summed E-state index contributed by atoms with van der Waals surface area (Å²) in [5.41, 5.74) is 0.297. The zero-order chi connectivity index (χ0) is 11.4. The zero-order valence-corrected chi connectivity index (χ0v) is 10.7. The van der Waals surface area contributed by atoms with Gasteiger partial charge in [0.05, 0.1) is 10.6 Å². The lowest BCUT2D eigenvalue weighted by Crippen LogP contribution is -2.24. The van der Waals surface area contributed by atoms with Crippen molar-refractivity contribution < 1.29 is 4.79 Å². The number of aromatic nitrogens is 1. The summed E-state index contributed by atoms with van der Waals surface area (Å²) in [5, 5.41) is 3.10. The van der Waals surface area contributed by atoms with Crippen molar-refractivity contribution in [3.05, 3.63) is 39.1 Å². The van der Waals surface area contributed by atoms with Crippen molar-refractivity contribution in [1.29, 1.82) is 0 Å². The molecule has 80 valence electrons. The standard InChI is InChI=1S/C9H7BrCl2N2O/c1-5(10)3-14-9(15)6-2-8(12)13-4-7(6)11/h2,4H,1,3H2,(H,14,15). The maximum Gasteiger partial charge on any atom is 0.253 e. The summed E-state index contributed by atoms with van der Waals surface area (Å²) >= 11 is 14.6. The van der Waals surface area contributed by atoms with Crippen molar-refractivity contribution in [1.82, 2.24) is 10.3 Å². The molecule has 6 heteroatoms. The van der Waals surface area contributed by atoms with Gasteiger partial charge in [-0.15, -0.1) is 0 Å². The van der Waals surface area contributed by atoms with E-state index in [0.717, 1.165) is 0 Å². The Kier molecular flexibility index (Phi) is 4.57. The van der Waals surface area contributed by atoms with Gasteiger partial charge in [-0.2, -0.15) is 0 Å². The highest BCUT2D eigenvalue weighted by Gasteiger charge is 2.10. The normalized spacial score (nSPS) is 9.80. The molecule has 0 aliphatic heterocycles. The van der Waals surface area contributed by atoms with E-state index in [4.69, 9.17) is 23.2 Å². The zero-order valence-electron chi connectivity index (χ0n) is 7.56. The lowest BCUT2D eigenvalue weighted by Gasteiger charge is -2.05. The molecular formula is C9H7BrCl2N2O. The first-order valence-electron chi connectivity index (χ1n) is 3.93. The molecule has 0 aliphatic rings. The molecule has 0 spiro atoms. The Morgan fingerprint density at radius 3 is 2.87 bits per heavy atom. The number of amides is 1. The summed E-state index contributed by atoms with van der Waals surface area (Å²) in [6.07, 6.45) is 1.34. The Morgan fingerprint density at radius 1 is 1.60 bits per heavy atom. The average Bonchev–Trinajstić information content (AvgIpc) is 2.18. The van der Waals surface area contributed by atoms with Crippen LogP contribution in [0.2, 0.25) is 10.2 Å². The van der Waals surface area contributed by atoms with Crippen LogP contribution in [-0.4, -0.2) is 17.4 Å². The second kappa shape index (κ2) is 5.49. The summed E-state index contributed by atoms with van der Waals surface area (Å²) in [4.78, 5) is 15.3. The van der Waals surface area contributed by atoms with Crippen LogP contribution in [0.15, 0.2) is 23.3 Å². The molecule has 0 bridgehead atoms. The van der Waals surface area contributed by atoms with Gasteiger partial charge in [-0.3, -0.25) is 4.79 Å². The number of carbonyl (C=O) groups excluding carboxylic acids is 1. The van der Waals surface area contributed by atoms with Crippen LogP contribution in [0.5, 0.6) is 0 Å². The van der Waals surface area contributed by atoms with Crippen molar-refractivity contribution in [3.8, 4) is 0 Å². The SMILES string of the molecule is C=C(Br)CNC(=O)c1cc(Cl)ncc1Cl. The van der Waals surface area contributed by atoms with Crippen LogP contribution < -0.4 is 5.32 Å². The van der Waals surface area contributed by atoms with E-state index in [1.165, 1.54) is 12.3 Å². The molecule has 0 aromatic carbocycles. The summed E-state index contributed by atoms with van der Waals surface area (Å²) < 4.78 is 0.673. The maximum atomic E-state index is 11.6. The van der Waals surface area contributed by atoms with Crippen LogP contribution in [0, 0.1) is 0 Å². The summed E-state index contributed by atoms with van der Waals surface area (Å²) in [6.45, 7) is 3.92. The molecule has 0 saturated heterocycles. The van der Waals surface area contributed by atoms with E-state index in [9.17, 15) is 4.79 Å². The highest BCUT2D eigenvalue weighted by atomic mass is 79.9. The Balaban J connectivity index is 2.81. The van der Waals surface area contributed by atoms with Crippen LogP contribution in [-0.2, 0) is 0 Å². The van der Waals surface area contributed by atoms with Crippen molar-refractivity contribution in [3.63, 3.8) is 0 Å². The van der Waals surface area contributed by atoms with E-state index in [2.05, 4.69) is 32.8 Å². The van der Waals surface area contributed by atoms with E-state index in [1.807, 2.05) is 0 Å². The fraction of sp³-hybridized carbons (Fsp3) is 0.111. The van der Waals surface area contributed by atoms with Crippen molar-refractivity contribution in [2.24, 2.45) is 0 Å².